The number of aryl methyl sites for hydroxylation is 3. The molecule has 0 saturated heterocycles. The Morgan fingerprint density at radius 2 is 1.71 bits per heavy atom. The Bertz CT molecular complexity index is 1140. The Balaban J connectivity index is 1.91. The Labute approximate surface area is 164 Å². The molecule has 0 spiro atoms. The number of nitrogens with one attached hydrogen (secondary N) is 1. The van der Waals surface area contributed by atoms with Crippen LogP contribution in [-0.2, 0) is 0 Å². The SMILES string of the molecule is Cc1ccc(C)c([C@H](Nc2ccccn2)c2ccc3ccc(C)nc3c2O)c1. The summed E-state index contributed by atoms with van der Waals surface area (Å²) in [5.41, 5.74) is 5.70. The third kappa shape index (κ3) is 3.41. The van der Waals surface area contributed by atoms with Gasteiger partial charge in [0.15, 0.2) is 0 Å². The summed E-state index contributed by atoms with van der Waals surface area (Å²) in [5.74, 6) is 0.959. The lowest BCUT2D eigenvalue weighted by molar-refractivity contribution is 0.471. The Hall–Kier alpha value is -3.40. The number of benzene rings is 2. The zero-order valence-corrected chi connectivity index (χ0v) is 16.3. The van der Waals surface area contributed by atoms with E-state index in [9.17, 15) is 5.11 Å². The molecule has 4 heteroatoms. The van der Waals surface area contributed by atoms with E-state index in [1.165, 1.54) is 5.56 Å². The van der Waals surface area contributed by atoms with Gasteiger partial charge < -0.3 is 10.4 Å². The molecule has 4 rings (SSSR count). The van der Waals surface area contributed by atoms with E-state index in [2.05, 4.69) is 47.3 Å². The summed E-state index contributed by atoms with van der Waals surface area (Å²) in [5, 5.41) is 15.5. The van der Waals surface area contributed by atoms with Gasteiger partial charge in [-0.25, -0.2) is 9.97 Å². The highest BCUT2D eigenvalue weighted by molar-refractivity contribution is 5.86. The highest BCUT2D eigenvalue weighted by Crippen LogP contribution is 2.37. The van der Waals surface area contributed by atoms with Gasteiger partial charge in [-0.2, -0.15) is 0 Å². The molecule has 0 radical (unpaired) electrons. The van der Waals surface area contributed by atoms with Crippen LogP contribution in [0, 0.1) is 20.8 Å². The Morgan fingerprint density at radius 1 is 0.893 bits per heavy atom. The number of aromatic hydroxyl groups is 1. The molecule has 0 bridgehead atoms. The minimum atomic E-state index is -0.249. The highest BCUT2D eigenvalue weighted by Gasteiger charge is 2.22. The van der Waals surface area contributed by atoms with Crippen molar-refractivity contribution in [2.24, 2.45) is 0 Å². The van der Waals surface area contributed by atoms with Crippen molar-refractivity contribution < 1.29 is 5.11 Å². The predicted octanol–water partition coefficient (Wildman–Crippen LogP) is 5.46. The summed E-state index contributed by atoms with van der Waals surface area (Å²) in [4.78, 5) is 8.98. The largest absolute Gasteiger partial charge is 0.505 e. The van der Waals surface area contributed by atoms with Crippen molar-refractivity contribution in [1.82, 2.24) is 9.97 Å². The van der Waals surface area contributed by atoms with Crippen LogP contribution in [0.3, 0.4) is 0 Å². The molecular weight excluding hydrogens is 346 g/mol. The van der Waals surface area contributed by atoms with Crippen LogP contribution < -0.4 is 5.32 Å². The van der Waals surface area contributed by atoms with Crippen molar-refractivity contribution in [3.8, 4) is 5.75 Å². The van der Waals surface area contributed by atoms with Crippen molar-refractivity contribution in [1.29, 1.82) is 0 Å². The van der Waals surface area contributed by atoms with Crippen LogP contribution in [0.5, 0.6) is 5.75 Å². The van der Waals surface area contributed by atoms with E-state index in [4.69, 9.17) is 0 Å². The molecule has 0 fully saturated rings. The minimum Gasteiger partial charge on any atom is -0.505 e. The van der Waals surface area contributed by atoms with Crippen LogP contribution in [-0.4, -0.2) is 15.1 Å². The fourth-order valence-electron chi connectivity index (χ4n) is 3.51. The summed E-state index contributed by atoms with van der Waals surface area (Å²) in [6, 6.07) is 19.8. The molecule has 140 valence electrons. The van der Waals surface area contributed by atoms with Gasteiger partial charge in [0.2, 0.25) is 0 Å². The van der Waals surface area contributed by atoms with Gasteiger partial charge in [0.1, 0.15) is 17.1 Å². The molecule has 2 aromatic carbocycles. The smallest absolute Gasteiger partial charge is 0.147 e. The summed E-state index contributed by atoms with van der Waals surface area (Å²) in [7, 11) is 0. The van der Waals surface area contributed by atoms with Crippen molar-refractivity contribution >= 4 is 16.7 Å². The van der Waals surface area contributed by atoms with Gasteiger partial charge >= 0.3 is 0 Å². The van der Waals surface area contributed by atoms with E-state index in [0.29, 0.717) is 5.52 Å². The van der Waals surface area contributed by atoms with Gasteiger partial charge in [0.25, 0.3) is 0 Å². The predicted molar refractivity (Wildman–Crippen MR) is 114 cm³/mol. The summed E-state index contributed by atoms with van der Waals surface area (Å²) < 4.78 is 0. The Morgan fingerprint density at radius 3 is 2.50 bits per heavy atom. The molecule has 4 nitrogen and oxygen atoms in total. The maximum absolute atomic E-state index is 11.1. The standard InChI is InChI=1S/C24H23N3O/c1-15-7-8-16(2)20(14-15)23(27-21-6-4-5-13-25-21)19-12-11-18-10-9-17(3)26-22(18)24(19)28/h4-14,23,28H,1-3H3,(H,25,27)/t23-/m1/s1. The fourth-order valence-corrected chi connectivity index (χ4v) is 3.51. The van der Waals surface area contributed by atoms with Crippen molar-refractivity contribution in [2.75, 3.05) is 5.32 Å². The number of pyridine rings is 2. The number of rotatable bonds is 4. The van der Waals surface area contributed by atoms with Gasteiger partial charge in [0, 0.05) is 22.8 Å². The molecule has 0 aliphatic carbocycles. The normalized spacial score (nSPS) is 12.1. The molecule has 0 amide bonds. The molecule has 2 N–H and O–H groups in total. The van der Waals surface area contributed by atoms with Crippen LogP contribution >= 0.6 is 0 Å². The van der Waals surface area contributed by atoms with E-state index in [1.807, 2.05) is 49.4 Å². The molecule has 0 unspecified atom stereocenters. The molecular formula is C24H23N3O. The number of phenols is 1. The molecule has 2 aromatic heterocycles. The van der Waals surface area contributed by atoms with Crippen LogP contribution in [0.15, 0.2) is 66.9 Å². The quantitative estimate of drug-likeness (QED) is 0.501. The number of hydrogen-bond donors (Lipinski definition) is 2. The highest BCUT2D eigenvalue weighted by atomic mass is 16.3. The van der Waals surface area contributed by atoms with Crippen molar-refractivity contribution in [3.05, 3.63) is 94.8 Å². The minimum absolute atomic E-state index is 0.204. The van der Waals surface area contributed by atoms with Gasteiger partial charge in [-0.15, -0.1) is 0 Å². The second-order valence-electron chi connectivity index (χ2n) is 7.18. The van der Waals surface area contributed by atoms with Crippen LogP contribution in [0.1, 0.15) is 34.0 Å². The maximum Gasteiger partial charge on any atom is 0.147 e. The average Bonchev–Trinajstić information content (AvgIpc) is 2.70. The summed E-state index contributed by atoms with van der Waals surface area (Å²) in [6.45, 7) is 6.09. The first-order valence-electron chi connectivity index (χ1n) is 9.37. The summed E-state index contributed by atoms with van der Waals surface area (Å²) >= 11 is 0. The molecule has 0 aliphatic rings. The third-order valence-corrected chi connectivity index (χ3v) is 5.02. The first kappa shape index (κ1) is 18.0. The van der Waals surface area contributed by atoms with E-state index in [0.717, 1.165) is 33.6 Å². The monoisotopic (exact) mass is 369 g/mol. The van der Waals surface area contributed by atoms with Crippen molar-refractivity contribution in [2.45, 2.75) is 26.8 Å². The van der Waals surface area contributed by atoms with Crippen LogP contribution in [0.25, 0.3) is 10.9 Å². The number of aromatic nitrogens is 2. The lowest BCUT2D eigenvalue weighted by Gasteiger charge is -2.24. The van der Waals surface area contributed by atoms with Gasteiger partial charge in [-0.3, -0.25) is 0 Å². The summed E-state index contributed by atoms with van der Waals surface area (Å²) in [6.07, 6.45) is 1.76. The number of fused-ring (bicyclic) bond motifs is 1. The number of anilines is 1. The lowest BCUT2D eigenvalue weighted by atomic mass is 9.92. The van der Waals surface area contributed by atoms with E-state index in [1.54, 1.807) is 6.20 Å². The fraction of sp³-hybridized carbons (Fsp3) is 0.167. The zero-order chi connectivity index (χ0) is 19.7. The molecule has 28 heavy (non-hydrogen) atoms. The van der Waals surface area contributed by atoms with Gasteiger partial charge in [0.05, 0.1) is 6.04 Å². The molecule has 0 aliphatic heterocycles. The number of phenolic OH excluding ortho intramolecular Hbond substituents is 1. The number of hydrogen-bond acceptors (Lipinski definition) is 4. The third-order valence-electron chi connectivity index (χ3n) is 5.02. The van der Waals surface area contributed by atoms with Gasteiger partial charge in [-0.1, -0.05) is 48.0 Å². The average molecular weight is 369 g/mol. The van der Waals surface area contributed by atoms with Crippen LogP contribution in [0.2, 0.25) is 0 Å². The zero-order valence-electron chi connectivity index (χ0n) is 16.3. The number of nitrogens with zero attached hydrogens (tertiary/aromatic N) is 2. The topological polar surface area (TPSA) is 58.0 Å². The first-order chi connectivity index (χ1) is 13.5. The van der Waals surface area contributed by atoms with E-state index < -0.39 is 0 Å². The Kier molecular flexibility index (Phi) is 4.70. The molecule has 4 aromatic rings. The van der Waals surface area contributed by atoms with Gasteiger partial charge in [-0.05, 0) is 50.1 Å². The lowest BCUT2D eigenvalue weighted by Crippen LogP contribution is -2.15. The van der Waals surface area contributed by atoms with E-state index in [-0.39, 0.29) is 11.8 Å². The maximum atomic E-state index is 11.1. The van der Waals surface area contributed by atoms with Crippen LogP contribution in [0.4, 0.5) is 5.82 Å². The second kappa shape index (κ2) is 7.31. The first-order valence-corrected chi connectivity index (χ1v) is 9.37. The molecule has 0 saturated carbocycles. The van der Waals surface area contributed by atoms with Crippen molar-refractivity contribution in [3.63, 3.8) is 0 Å². The molecule has 2 heterocycles. The second-order valence-corrected chi connectivity index (χ2v) is 7.18. The van der Waals surface area contributed by atoms with E-state index >= 15 is 0 Å². The molecule has 1 atom stereocenters.